The number of halogens is 1. The number of carbonyl (C=O) groups is 1. The lowest BCUT2D eigenvalue weighted by Crippen LogP contribution is -2.33. The summed E-state index contributed by atoms with van der Waals surface area (Å²) in [7, 11) is 5.14. The van der Waals surface area contributed by atoms with Gasteiger partial charge in [-0.1, -0.05) is 0 Å². The second-order valence-corrected chi connectivity index (χ2v) is 4.00. The van der Waals surface area contributed by atoms with Crippen molar-refractivity contribution in [3.8, 4) is 0 Å². The van der Waals surface area contributed by atoms with Gasteiger partial charge in [-0.3, -0.25) is 4.79 Å². The Kier molecular flexibility index (Phi) is 4.48. The van der Waals surface area contributed by atoms with Crippen molar-refractivity contribution in [2.45, 2.75) is 0 Å². The van der Waals surface area contributed by atoms with E-state index in [0.717, 1.165) is 4.47 Å². The van der Waals surface area contributed by atoms with E-state index in [9.17, 15) is 4.79 Å². The van der Waals surface area contributed by atoms with Crippen molar-refractivity contribution in [3.63, 3.8) is 0 Å². The van der Waals surface area contributed by atoms with Crippen LogP contribution in [0.15, 0.2) is 10.7 Å². The van der Waals surface area contributed by atoms with Crippen LogP contribution in [0.3, 0.4) is 0 Å². The van der Waals surface area contributed by atoms with Crippen LogP contribution in [0, 0.1) is 0 Å². The fourth-order valence-electron chi connectivity index (χ4n) is 1.12. The molecule has 6 nitrogen and oxygen atoms in total. The lowest BCUT2D eigenvalue weighted by atomic mass is 10.4. The standard InChI is InChI=1S/C9H14BrN5O/c1-11-7(16)5-15(3)8-6(10)4-13-9(12-2)14-8/h4H,5H2,1-3H3,(H,11,16)(H,12,13,14). The maximum atomic E-state index is 11.2. The Morgan fingerprint density at radius 3 is 2.81 bits per heavy atom. The highest BCUT2D eigenvalue weighted by Crippen LogP contribution is 2.22. The van der Waals surface area contributed by atoms with Gasteiger partial charge in [-0.2, -0.15) is 4.98 Å². The van der Waals surface area contributed by atoms with Crippen LogP contribution in [-0.4, -0.2) is 43.6 Å². The number of aromatic nitrogens is 2. The molecule has 0 radical (unpaired) electrons. The monoisotopic (exact) mass is 287 g/mol. The van der Waals surface area contributed by atoms with Gasteiger partial charge in [0.25, 0.3) is 0 Å². The van der Waals surface area contributed by atoms with Gasteiger partial charge in [-0.15, -0.1) is 0 Å². The average molecular weight is 288 g/mol. The molecule has 1 amide bonds. The third-order valence-electron chi connectivity index (χ3n) is 1.97. The highest BCUT2D eigenvalue weighted by atomic mass is 79.9. The number of likely N-dealkylation sites (N-methyl/N-ethyl adjacent to an activating group) is 2. The van der Waals surface area contributed by atoms with Gasteiger partial charge in [-0.25, -0.2) is 4.98 Å². The molecule has 0 spiro atoms. The highest BCUT2D eigenvalue weighted by Gasteiger charge is 2.11. The molecule has 0 aliphatic heterocycles. The summed E-state index contributed by atoms with van der Waals surface area (Å²) in [6.07, 6.45) is 1.65. The molecule has 0 aliphatic carbocycles. The van der Waals surface area contributed by atoms with Gasteiger partial charge in [0, 0.05) is 27.3 Å². The summed E-state index contributed by atoms with van der Waals surface area (Å²) >= 11 is 3.35. The van der Waals surface area contributed by atoms with Crippen LogP contribution in [0.5, 0.6) is 0 Å². The minimum absolute atomic E-state index is 0.0704. The van der Waals surface area contributed by atoms with E-state index >= 15 is 0 Å². The van der Waals surface area contributed by atoms with Crippen molar-refractivity contribution in [2.75, 3.05) is 37.9 Å². The molecule has 88 valence electrons. The molecule has 0 saturated heterocycles. The summed E-state index contributed by atoms with van der Waals surface area (Å²) in [5, 5.41) is 5.41. The first-order valence-electron chi connectivity index (χ1n) is 4.70. The minimum Gasteiger partial charge on any atom is -0.358 e. The molecule has 0 bridgehead atoms. The summed E-state index contributed by atoms with van der Waals surface area (Å²) < 4.78 is 0.748. The number of nitrogens with zero attached hydrogens (tertiary/aromatic N) is 3. The molecule has 0 atom stereocenters. The van der Waals surface area contributed by atoms with E-state index in [1.807, 2.05) is 0 Å². The van der Waals surface area contributed by atoms with E-state index in [-0.39, 0.29) is 12.5 Å². The molecule has 2 N–H and O–H groups in total. The largest absolute Gasteiger partial charge is 0.358 e. The van der Waals surface area contributed by atoms with E-state index < -0.39 is 0 Å². The fourth-order valence-corrected chi connectivity index (χ4v) is 1.61. The smallest absolute Gasteiger partial charge is 0.239 e. The van der Waals surface area contributed by atoms with Gasteiger partial charge in [0.05, 0.1) is 11.0 Å². The van der Waals surface area contributed by atoms with Gasteiger partial charge in [-0.05, 0) is 15.9 Å². The topological polar surface area (TPSA) is 70.2 Å². The van der Waals surface area contributed by atoms with Crippen LogP contribution in [-0.2, 0) is 4.79 Å². The molecule has 16 heavy (non-hydrogen) atoms. The second-order valence-electron chi connectivity index (χ2n) is 3.14. The first kappa shape index (κ1) is 12.7. The normalized spacial score (nSPS) is 9.75. The summed E-state index contributed by atoms with van der Waals surface area (Å²) in [5.74, 6) is 1.11. The number of anilines is 2. The number of amides is 1. The van der Waals surface area contributed by atoms with Crippen molar-refractivity contribution < 1.29 is 4.79 Å². The molecule has 0 unspecified atom stereocenters. The first-order chi connectivity index (χ1) is 7.58. The Labute approximate surface area is 103 Å². The Hall–Kier alpha value is -1.37. The van der Waals surface area contributed by atoms with Gasteiger partial charge in [0.1, 0.15) is 5.82 Å². The first-order valence-corrected chi connectivity index (χ1v) is 5.49. The van der Waals surface area contributed by atoms with Crippen molar-refractivity contribution in [1.82, 2.24) is 15.3 Å². The van der Waals surface area contributed by atoms with E-state index in [1.54, 1.807) is 32.2 Å². The Morgan fingerprint density at radius 1 is 1.56 bits per heavy atom. The molecule has 0 saturated carbocycles. The van der Waals surface area contributed by atoms with Crippen LogP contribution in [0.2, 0.25) is 0 Å². The van der Waals surface area contributed by atoms with Gasteiger partial charge < -0.3 is 15.5 Å². The van der Waals surface area contributed by atoms with Gasteiger partial charge >= 0.3 is 0 Å². The average Bonchev–Trinajstić information content (AvgIpc) is 2.29. The van der Waals surface area contributed by atoms with Crippen molar-refractivity contribution in [3.05, 3.63) is 10.7 Å². The van der Waals surface area contributed by atoms with Crippen LogP contribution in [0.1, 0.15) is 0 Å². The molecule has 1 rings (SSSR count). The predicted molar refractivity (Wildman–Crippen MR) is 66.6 cm³/mol. The lowest BCUT2D eigenvalue weighted by Gasteiger charge is -2.18. The molecule has 0 fully saturated rings. The highest BCUT2D eigenvalue weighted by molar-refractivity contribution is 9.10. The van der Waals surface area contributed by atoms with Gasteiger partial charge in [0.15, 0.2) is 0 Å². The van der Waals surface area contributed by atoms with Crippen molar-refractivity contribution in [2.24, 2.45) is 0 Å². The Bertz CT molecular complexity index is 384. The second kappa shape index (κ2) is 5.64. The molecular formula is C9H14BrN5O. The van der Waals surface area contributed by atoms with Crippen LogP contribution in [0.25, 0.3) is 0 Å². The SMILES string of the molecule is CNC(=O)CN(C)c1nc(NC)ncc1Br. The van der Waals surface area contributed by atoms with E-state index in [2.05, 4.69) is 36.5 Å². The van der Waals surface area contributed by atoms with E-state index in [0.29, 0.717) is 11.8 Å². The number of hydrogen-bond acceptors (Lipinski definition) is 5. The third-order valence-corrected chi connectivity index (χ3v) is 2.53. The van der Waals surface area contributed by atoms with Crippen molar-refractivity contribution in [1.29, 1.82) is 0 Å². The third kappa shape index (κ3) is 3.06. The molecule has 7 heteroatoms. The van der Waals surface area contributed by atoms with Crippen LogP contribution >= 0.6 is 15.9 Å². The quantitative estimate of drug-likeness (QED) is 0.842. The van der Waals surface area contributed by atoms with Crippen molar-refractivity contribution >= 4 is 33.6 Å². The number of rotatable bonds is 4. The summed E-state index contributed by atoms with van der Waals surface area (Å²) in [6.45, 7) is 0.245. The predicted octanol–water partition coefficient (Wildman–Crippen LogP) is 0.463. The molecule has 1 aromatic rings. The summed E-state index contributed by atoms with van der Waals surface area (Å²) in [5.41, 5.74) is 0. The molecule has 1 aromatic heterocycles. The lowest BCUT2D eigenvalue weighted by molar-refractivity contribution is -0.119. The number of carbonyl (C=O) groups excluding carboxylic acids is 1. The summed E-state index contributed by atoms with van der Waals surface area (Å²) in [6, 6.07) is 0. The Morgan fingerprint density at radius 2 is 2.25 bits per heavy atom. The molecule has 0 aliphatic rings. The van der Waals surface area contributed by atoms with Crippen LogP contribution in [0.4, 0.5) is 11.8 Å². The summed E-state index contributed by atoms with van der Waals surface area (Å²) in [4.78, 5) is 21.3. The zero-order valence-electron chi connectivity index (χ0n) is 9.41. The molecule has 1 heterocycles. The Balaban J connectivity index is 2.88. The molecule has 0 aromatic carbocycles. The van der Waals surface area contributed by atoms with Crippen LogP contribution < -0.4 is 15.5 Å². The van der Waals surface area contributed by atoms with E-state index in [1.165, 1.54) is 0 Å². The maximum absolute atomic E-state index is 11.2. The van der Waals surface area contributed by atoms with E-state index in [4.69, 9.17) is 0 Å². The zero-order chi connectivity index (χ0) is 12.1. The van der Waals surface area contributed by atoms with Gasteiger partial charge in [0.2, 0.25) is 11.9 Å². The minimum atomic E-state index is -0.0704. The molecular weight excluding hydrogens is 274 g/mol. The fraction of sp³-hybridized carbons (Fsp3) is 0.444. The number of hydrogen-bond donors (Lipinski definition) is 2. The number of nitrogens with one attached hydrogen (secondary N) is 2. The maximum Gasteiger partial charge on any atom is 0.239 e. The zero-order valence-corrected chi connectivity index (χ0v) is 11.0.